The summed E-state index contributed by atoms with van der Waals surface area (Å²) in [5.41, 5.74) is 1.13. The van der Waals surface area contributed by atoms with Gasteiger partial charge in [0, 0.05) is 12.0 Å². The summed E-state index contributed by atoms with van der Waals surface area (Å²) in [6, 6.07) is 5.14. The molecular formula is C17H25NO3. The molecule has 1 rings (SSSR count). The minimum Gasteiger partial charge on any atom is -0.491 e. The molecule has 0 spiro atoms. The van der Waals surface area contributed by atoms with E-state index in [2.05, 4.69) is 19.2 Å². The number of anilines is 1. The second-order valence-electron chi connectivity index (χ2n) is 6.12. The summed E-state index contributed by atoms with van der Waals surface area (Å²) >= 11 is 0. The monoisotopic (exact) mass is 291 g/mol. The highest BCUT2D eigenvalue weighted by Gasteiger charge is 2.12. The molecule has 4 heteroatoms. The Kier molecular flexibility index (Phi) is 6.40. The molecule has 0 aliphatic heterocycles. The molecule has 0 aromatic heterocycles. The second kappa shape index (κ2) is 7.81. The van der Waals surface area contributed by atoms with Gasteiger partial charge in [0.2, 0.25) is 5.91 Å². The van der Waals surface area contributed by atoms with Crippen LogP contribution in [-0.4, -0.2) is 18.3 Å². The first-order valence-corrected chi connectivity index (χ1v) is 7.37. The molecule has 0 atom stereocenters. The molecule has 0 unspecified atom stereocenters. The zero-order chi connectivity index (χ0) is 16.0. The van der Waals surface area contributed by atoms with E-state index in [1.54, 1.807) is 18.2 Å². The van der Waals surface area contributed by atoms with Crippen molar-refractivity contribution in [2.45, 2.75) is 41.0 Å². The van der Waals surface area contributed by atoms with Gasteiger partial charge in [0.05, 0.1) is 12.3 Å². The van der Waals surface area contributed by atoms with Crippen LogP contribution in [0.1, 0.15) is 51.4 Å². The average molecular weight is 291 g/mol. The van der Waals surface area contributed by atoms with Gasteiger partial charge in [0.1, 0.15) is 5.75 Å². The summed E-state index contributed by atoms with van der Waals surface area (Å²) < 4.78 is 5.71. The molecule has 1 aromatic rings. The first-order valence-electron chi connectivity index (χ1n) is 7.37. The maximum Gasteiger partial charge on any atom is 0.224 e. The van der Waals surface area contributed by atoms with Gasteiger partial charge in [-0.05, 0) is 37.0 Å². The maximum absolute atomic E-state index is 11.9. The van der Waals surface area contributed by atoms with E-state index < -0.39 is 0 Å². The van der Waals surface area contributed by atoms with Crippen LogP contribution in [0.15, 0.2) is 18.2 Å². The SMILES string of the molecule is CC(=O)c1ccc(OCC(C)C)c(NC(=O)CC(C)C)c1. The lowest BCUT2D eigenvalue weighted by Crippen LogP contribution is -2.16. The molecule has 0 bridgehead atoms. The topological polar surface area (TPSA) is 55.4 Å². The fourth-order valence-electron chi connectivity index (χ4n) is 1.80. The molecule has 4 nitrogen and oxygen atoms in total. The molecule has 0 aliphatic rings. The molecule has 0 aliphatic carbocycles. The van der Waals surface area contributed by atoms with Crippen LogP contribution >= 0.6 is 0 Å². The van der Waals surface area contributed by atoms with Crippen molar-refractivity contribution < 1.29 is 14.3 Å². The molecule has 21 heavy (non-hydrogen) atoms. The normalized spacial score (nSPS) is 10.8. The van der Waals surface area contributed by atoms with Crippen LogP contribution in [0, 0.1) is 11.8 Å². The third kappa shape index (κ3) is 5.98. The Morgan fingerprint density at radius 1 is 1.14 bits per heavy atom. The Hall–Kier alpha value is -1.84. The lowest BCUT2D eigenvalue weighted by Gasteiger charge is -2.15. The zero-order valence-corrected chi connectivity index (χ0v) is 13.5. The molecule has 0 saturated heterocycles. The summed E-state index contributed by atoms with van der Waals surface area (Å²) in [5.74, 6) is 1.16. The van der Waals surface area contributed by atoms with Crippen LogP contribution in [0.3, 0.4) is 0 Å². The molecule has 0 radical (unpaired) electrons. The van der Waals surface area contributed by atoms with Gasteiger partial charge in [-0.15, -0.1) is 0 Å². The molecule has 0 fully saturated rings. The van der Waals surface area contributed by atoms with Gasteiger partial charge in [-0.2, -0.15) is 0 Å². The zero-order valence-electron chi connectivity index (χ0n) is 13.5. The number of hydrogen-bond acceptors (Lipinski definition) is 3. The molecule has 1 aromatic carbocycles. The number of ether oxygens (including phenoxy) is 1. The van der Waals surface area contributed by atoms with E-state index in [1.165, 1.54) is 6.92 Å². The van der Waals surface area contributed by atoms with Crippen LogP contribution in [-0.2, 0) is 4.79 Å². The molecule has 1 N–H and O–H groups in total. The van der Waals surface area contributed by atoms with Crippen molar-refractivity contribution in [2.75, 3.05) is 11.9 Å². The Balaban J connectivity index is 2.96. The average Bonchev–Trinajstić information content (AvgIpc) is 2.35. The highest BCUT2D eigenvalue weighted by atomic mass is 16.5. The fraction of sp³-hybridized carbons (Fsp3) is 0.529. The number of nitrogens with one attached hydrogen (secondary N) is 1. The van der Waals surface area contributed by atoms with Crippen molar-refractivity contribution in [2.24, 2.45) is 11.8 Å². The van der Waals surface area contributed by atoms with Crippen LogP contribution < -0.4 is 10.1 Å². The number of hydrogen-bond donors (Lipinski definition) is 1. The molecule has 0 heterocycles. The van der Waals surface area contributed by atoms with Crippen LogP contribution in [0.2, 0.25) is 0 Å². The minimum atomic E-state index is -0.0694. The number of amides is 1. The van der Waals surface area contributed by atoms with Gasteiger partial charge in [-0.3, -0.25) is 9.59 Å². The Labute approximate surface area is 126 Å². The van der Waals surface area contributed by atoms with Crippen molar-refractivity contribution in [1.29, 1.82) is 0 Å². The first kappa shape index (κ1) is 17.2. The quantitative estimate of drug-likeness (QED) is 0.775. The summed E-state index contributed by atoms with van der Waals surface area (Å²) in [6.45, 7) is 10.2. The highest BCUT2D eigenvalue weighted by molar-refractivity contribution is 5.98. The number of ketones is 1. The molecule has 1 amide bonds. The van der Waals surface area contributed by atoms with Crippen LogP contribution in [0.5, 0.6) is 5.75 Å². The van der Waals surface area contributed by atoms with E-state index in [9.17, 15) is 9.59 Å². The number of Topliss-reactive ketones (excluding diaryl/α,β-unsaturated/α-hetero) is 1. The van der Waals surface area contributed by atoms with Crippen LogP contribution in [0.4, 0.5) is 5.69 Å². The fourth-order valence-corrected chi connectivity index (χ4v) is 1.80. The Morgan fingerprint density at radius 2 is 1.81 bits per heavy atom. The summed E-state index contributed by atoms with van der Waals surface area (Å²) in [4.78, 5) is 23.4. The number of carbonyl (C=O) groups is 2. The van der Waals surface area contributed by atoms with Gasteiger partial charge >= 0.3 is 0 Å². The largest absolute Gasteiger partial charge is 0.491 e. The minimum absolute atomic E-state index is 0.0373. The van der Waals surface area contributed by atoms with Crippen molar-refractivity contribution in [3.05, 3.63) is 23.8 Å². The third-order valence-electron chi connectivity index (χ3n) is 2.83. The van der Waals surface area contributed by atoms with Gasteiger partial charge in [0.15, 0.2) is 5.78 Å². The van der Waals surface area contributed by atoms with Crippen molar-refractivity contribution >= 4 is 17.4 Å². The lowest BCUT2D eigenvalue weighted by atomic mass is 10.1. The first-order chi connectivity index (χ1) is 9.79. The van der Waals surface area contributed by atoms with E-state index >= 15 is 0 Å². The van der Waals surface area contributed by atoms with Crippen molar-refractivity contribution in [3.63, 3.8) is 0 Å². The predicted molar refractivity (Wildman–Crippen MR) is 84.9 cm³/mol. The Morgan fingerprint density at radius 3 is 2.33 bits per heavy atom. The molecule has 0 saturated carbocycles. The summed E-state index contributed by atoms with van der Waals surface area (Å²) in [6.07, 6.45) is 0.438. The van der Waals surface area contributed by atoms with Gasteiger partial charge in [0.25, 0.3) is 0 Å². The van der Waals surface area contributed by atoms with Gasteiger partial charge in [-0.25, -0.2) is 0 Å². The van der Waals surface area contributed by atoms with Gasteiger partial charge in [-0.1, -0.05) is 27.7 Å². The highest BCUT2D eigenvalue weighted by Crippen LogP contribution is 2.27. The van der Waals surface area contributed by atoms with E-state index in [0.29, 0.717) is 35.9 Å². The second-order valence-corrected chi connectivity index (χ2v) is 6.12. The smallest absolute Gasteiger partial charge is 0.224 e. The molecular weight excluding hydrogens is 266 g/mol. The summed E-state index contributed by atoms with van der Waals surface area (Å²) in [7, 11) is 0. The summed E-state index contributed by atoms with van der Waals surface area (Å²) in [5, 5.41) is 2.84. The van der Waals surface area contributed by atoms with E-state index in [-0.39, 0.29) is 17.6 Å². The molecule has 116 valence electrons. The third-order valence-corrected chi connectivity index (χ3v) is 2.83. The number of rotatable bonds is 7. The number of carbonyl (C=O) groups excluding carboxylic acids is 2. The Bertz CT molecular complexity index is 507. The standard InChI is InChI=1S/C17H25NO3/c1-11(2)8-17(20)18-15-9-14(13(5)19)6-7-16(15)21-10-12(3)4/h6-7,9,11-12H,8,10H2,1-5H3,(H,18,20). The lowest BCUT2D eigenvalue weighted by molar-refractivity contribution is -0.116. The van der Waals surface area contributed by atoms with Crippen molar-refractivity contribution in [3.8, 4) is 5.75 Å². The van der Waals surface area contributed by atoms with E-state index in [4.69, 9.17) is 4.74 Å². The van der Waals surface area contributed by atoms with E-state index in [0.717, 1.165) is 0 Å². The predicted octanol–water partition coefficient (Wildman–Crippen LogP) is 3.91. The van der Waals surface area contributed by atoms with E-state index in [1.807, 2.05) is 13.8 Å². The number of benzene rings is 1. The van der Waals surface area contributed by atoms with Crippen molar-refractivity contribution in [1.82, 2.24) is 0 Å². The maximum atomic E-state index is 11.9. The van der Waals surface area contributed by atoms with Crippen LogP contribution in [0.25, 0.3) is 0 Å². The van der Waals surface area contributed by atoms with Gasteiger partial charge < -0.3 is 10.1 Å².